The van der Waals surface area contributed by atoms with Gasteiger partial charge in [-0.3, -0.25) is 0 Å². The Labute approximate surface area is 129 Å². The van der Waals surface area contributed by atoms with E-state index in [4.69, 9.17) is 4.98 Å². The van der Waals surface area contributed by atoms with Crippen LogP contribution >= 0.6 is 0 Å². The van der Waals surface area contributed by atoms with Gasteiger partial charge in [0.15, 0.2) is 0 Å². The third-order valence-electron chi connectivity index (χ3n) is 4.09. The quantitative estimate of drug-likeness (QED) is 0.847. The second kappa shape index (κ2) is 6.20. The zero-order valence-electron chi connectivity index (χ0n) is 14.2. The van der Waals surface area contributed by atoms with E-state index in [9.17, 15) is 0 Å². The number of anilines is 2. The van der Waals surface area contributed by atoms with E-state index < -0.39 is 0 Å². The SMILES string of the molecule is CCCNc1cc(NC2(C)CCCC2)nc(C(C)(C)C)n1. The van der Waals surface area contributed by atoms with Gasteiger partial charge in [-0.1, -0.05) is 40.5 Å². The van der Waals surface area contributed by atoms with Crippen molar-refractivity contribution in [3.63, 3.8) is 0 Å². The smallest absolute Gasteiger partial charge is 0.138 e. The van der Waals surface area contributed by atoms with Gasteiger partial charge in [-0.05, 0) is 26.2 Å². The Morgan fingerprint density at radius 2 is 1.76 bits per heavy atom. The normalized spacial score (nSPS) is 17.8. The summed E-state index contributed by atoms with van der Waals surface area (Å²) in [6, 6.07) is 2.05. The minimum absolute atomic E-state index is 0.0447. The molecule has 0 aromatic carbocycles. The fraction of sp³-hybridized carbons (Fsp3) is 0.765. The second-order valence-corrected chi connectivity index (χ2v) is 7.53. The zero-order chi connectivity index (χ0) is 15.5. The molecule has 0 radical (unpaired) electrons. The molecule has 1 fully saturated rings. The first-order chi connectivity index (χ1) is 9.82. The highest BCUT2D eigenvalue weighted by Crippen LogP contribution is 2.33. The van der Waals surface area contributed by atoms with Gasteiger partial charge in [-0.15, -0.1) is 0 Å². The van der Waals surface area contributed by atoms with Crippen molar-refractivity contribution in [3.05, 3.63) is 11.9 Å². The predicted molar refractivity (Wildman–Crippen MR) is 90.0 cm³/mol. The summed E-state index contributed by atoms with van der Waals surface area (Å²) < 4.78 is 0. The third kappa shape index (κ3) is 4.32. The van der Waals surface area contributed by atoms with Gasteiger partial charge in [-0.25, -0.2) is 9.97 Å². The van der Waals surface area contributed by atoms with Gasteiger partial charge in [0, 0.05) is 23.6 Å². The maximum Gasteiger partial charge on any atom is 0.138 e. The first kappa shape index (κ1) is 16.1. The van der Waals surface area contributed by atoms with Gasteiger partial charge in [0.05, 0.1) is 0 Å². The molecule has 4 nitrogen and oxygen atoms in total. The van der Waals surface area contributed by atoms with Crippen molar-refractivity contribution in [1.29, 1.82) is 0 Å². The standard InChI is InChI=1S/C17H30N4/c1-6-11-18-13-12-14(20-15(19-13)16(2,3)4)21-17(5)9-7-8-10-17/h12H,6-11H2,1-5H3,(H2,18,19,20,21). The Bertz CT molecular complexity index is 470. The van der Waals surface area contributed by atoms with Gasteiger partial charge < -0.3 is 10.6 Å². The summed E-state index contributed by atoms with van der Waals surface area (Å²) in [6.07, 6.45) is 6.15. The number of nitrogens with one attached hydrogen (secondary N) is 2. The van der Waals surface area contributed by atoms with Gasteiger partial charge in [0.2, 0.25) is 0 Å². The van der Waals surface area contributed by atoms with Crippen LogP contribution in [0, 0.1) is 0 Å². The molecule has 1 aliphatic rings. The van der Waals surface area contributed by atoms with Crippen LogP contribution in [0.25, 0.3) is 0 Å². The van der Waals surface area contributed by atoms with E-state index in [0.29, 0.717) is 0 Å². The summed E-state index contributed by atoms with van der Waals surface area (Å²) in [4.78, 5) is 9.44. The van der Waals surface area contributed by atoms with Crippen molar-refractivity contribution in [2.45, 2.75) is 77.7 Å². The first-order valence-corrected chi connectivity index (χ1v) is 8.24. The zero-order valence-corrected chi connectivity index (χ0v) is 14.2. The van der Waals surface area contributed by atoms with Crippen molar-refractivity contribution in [2.24, 2.45) is 0 Å². The molecule has 0 aliphatic heterocycles. The summed E-state index contributed by atoms with van der Waals surface area (Å²) >= 11 is 0. The molecule has 0 bridgehead atoms. The fourth-order valence-corrected chi connectivity index (χ4v) is 2.78. The molecule has 4 heteroatoms. The predicted octanol–water partition coefficient (Wildman–Crippen LogP) is 4.34. The van der Waals surface area contributed by atoms with Crippen LogP contribution in [-0.4, -0.2) is 22.1 Å². The number of rotatable bonds is 5. The lowest BCUT2D eigenvalue weighted by Crippen LogP contribution is -2.32. The minimum atomic E-state index is -0.0447. The summed E-state index contributed by atoms with van der Waals surface area (Å²) in [5.41, 5.74) is 0.141. The molecule has 0 amide bonds. The molecule has 21 heavy (non-hydrogen) atoms. The lowest BCUT2D eigenvalue weighted by Gasteiger charge is -2.27. The van der Waals surface area contributed by atoms with Gasteiger partial charge in [0.1, 0.15) is 17.5 Å². The first-order valence-electron chi connectivity index (χ1n) is 8.24. The molecule has 0 spiro atoms. The van der Waals surface area contributed by atoms with E-state index in [2.05, 4.69) is 56.3 Å². The third-order valence-corrected chi connectivity index (χ3v) is 4.09. The van der Waals surface area contributed by atoms with Crippen molar-refractivity contribution < 1.29 is 0 Å². The average molecular weight is 290 g/mol. The molecule has 1 aromatic heterocycles. The molecule has 0 unspecified atom stereocenters. The van der Waals surface area contributed by atoms with E-state index in [-0.39, 0.29) is 11.0 Å². The highest BCUT2D eigenvalue weighted by molar-refractivity contribution is 5.49. The largest absolute Gasteiger partial charge is 0.370 e. The van der Waals surface area contributed by atoms with E-state index in [1.807, 2.05) is 0 Å². The Morgan fingerprint density at radius 3 is 2.33 bits per heavy atom. The van der Waals surface area contributed by atoms with Crippen molar-refractivity contribution in [2.75, 3.05) is 17.2 Å². The van der Waals surface area contributed by atoms with Gasteiger partial charge in [-0.2, -0.15) is 0 Å². The fourth-order valence-electron chi connectivity index (χ4n) is 2.78. The Balaban J connectivity index is 2.26. The van der Waals surface area contributed by atoms with E-state index >= 15 is 0 Å². The molecule has 1 saturated carbocycles. The van der Waals surface area contributed by atoms with E-state index in [1.54, 1.807) is 0 Å². The van der Waals surface area contributed by atoms with Crippen molar-refractivity contribution in [1.82, 2.24) is 9.97 Å². The van der Waals surface area contributed by atoms with Crippen LogP contribution in [0.5, 0.6) is 0 Å². The van der Waals surface area contributed by atoms with Crippen molar-refractivity contribution >= 4 is 11.6 Å². The lowest BCUT2D eigenvalue weighted by atomic mass is 9.95. The molecule has 0 saturated heterocycles. The van der Waals surface area contributed by atoms with Crippen LogP contribution in [0.2, 0.25) is 0 Å². The highest BCUT2D eigenvalue weighted by atomic mass is 15.1. The van der Waals surface area contributed by atoms with Gasteiger partial charge in [0.25, 0.3) is 0 Å². The molecule has 2 rings (SSSR count). The maximum absolute atomic E-state index is 4.76. The van der Waals surface area contributed by atoms with Gasteiger partial charge >= 0.3 is 0 Å². The lowest BCUT2D eigenvalue weighted by molar-refractivity contribution is 0.522. The molecule has 118 valence electrons. The van der Waals surface area contributed by atoms with Crippen LogP contribution in [-0.2, 0) is 5.41 Å². The number of hydrogen-bond acceptors (Lipinski definition) is 4. The number of nitrogens with zero attached hydrogens (tertiary/aromatic N) is 2. The Kier molecular flexibility index (Phi) is 4.74. The number of hydrogen-bond donors (Lipinski definition) is 2. The summed E-state index contributed by atoms with van der Waals surface area (Å²) in [7, 11) is 0. The molecule has 1 aliphatic carbocycles. The Morgan fingerprint density at radius 1 is 1.14 bits per heavy atom. The van der Waals surface area contributed by atoms with E-state index in [0.717, 1.165) is 30.4 Å². The molecular weight excluding hydrogens is 260 g/mol. The van der Waals surface area contributed by atoms with Crippen LogP contribution in [0.15, 0.2) is 6.07 Å². The molecule has 0 atom stereocenters. The number of aromatic nitrogens is 2. The maximum atomic E-state index is 4.76. The van der Waals surface area contributed by atoms with E-state index in [1.165, 1.54) is 25.7 Å². The molecular formula is C17H30N4. The van der Waals surface area contributed by atoms with Crippen LogP contribution in [0.4, 0.5) is 11.6 Å². The van der Waals surface area contributed by atoms with Crippen LogP contribution in [0.3, 0.4) is 0 Å². The highest BCUT2D eigenvalue weighted by Gasteiger charge is 2.29. The minimum Gasteiger partial charge on any atom is -0.370 e. The van der Waals surface area contributed by atoms with Crippen LogP contribution < -0.4 is 10.6 Å². The molecule has 2 N–H and O–H groups in total. The summed E-state index contributed by atoms with van der Waals surface area (Å²) in [5.74, 6) is 2.78. The summed E-state index contributed by atoms with van der Waals surface area (Å²) in [6.45, 7) is 11.9. The molecule has 1 heterocycles. The topological polar surface area (TPSA) is 49.8 Å². The Hall–Kier alpha value is -1.32. The van der Waals surface area contributed by atoms with Crippen molar-refractivity contribution in [3.8, 4) is 0 Å². The van der Waals surface area contributed by atoms with Crippen LogP contribution in [0.1, 0.15) is 72.5 Å². The summed E-state index contributed by atoms with van der Waals surface area (Å²) in [5, 5.41) is 7.05. The second-order valence-electron chi connectivity index (χ2n) is 7.53. The average Bonchev–Trinajstić information content (AvgIpc) is 2.81. The molecule has 1 aromatic rings. The monoisotopic (exact) mass is 290 g/mol.